The second kappa shape index (κ2) is 6.48. The molecule has 3 aromatic heterocycles. The van der Waals surface area contributed by atoms with E-state index in [2.05, 4.69) is 27.9 Å². The van der Waals surface area contributed by atoms with E-state index in [4.69, 9.17) is 4.98 Å². The average Bonchev–Trinajstić information content (AvgIpc) is 3.23. The van der Waals surface area contributed by atoms with Gasteiger partial charge in [-0.2, -0.15) is 0 Å². The Labute approximate surface area is 151 Å². The third-order valence-electron chi connectivity index (χ3n) is 4.24. The maximum atomic E-state index is 11.1. The van der Waals surface area contributed by atoms with Crippen LogP contribution in [0.3, 0.4) is 0 Å². The number of rotatable bonds is 4. The van der Waals surface area contributed by atoms with Gasteiger partial charge in [0.1, 0.15) is 11.5 Å². The zero-order valence-corrected chi connectivity index (χ0v) is 14.7. The Balaban J connectivity index is 1.62. The minimum absolute atomic E-state index is 0.0820. The summed E-state index contributed by atoms with van der Waals surface area (Å²) in [6, 6.07) is 11.8. The Bertz CT molecular complexity index is 1080. The minimum Gasteiger partial charge on any atom is -0.326 e. The summed E-state index contributed by atoms with van der Waals surface area (Å²) in [7, 11) is 0. The van der Waals surface area contributed by atoms with Crippen molar-refractivity contribution in [3.8, 4) is 11.4 Å². The van der Waals surface area contributed by atoms with E-state index >= 15 is 0 Å². The Hall–Kier alpha value is -3.41. The molecule has 0 saturated heterocycles. The van der Waals surface area contributed by atoms with E-state index < -0.39 is 0 Å². The van der Waals surface area contributed by atoms with Crippen LogP contribution in [0.25, 0.3) is 17.0 Å². The quantitative estimate of drug-likeness (QED) is 0.615. The van der Waals surface area contributed by atoms with Crippen molar-refractivity contribution in [3.63, 3.8) is 0 Å². The van der Waals surface area contributed by atoms with Crippen LogP contribution in [-0.2, 0) is 11.3 Å². The van der Waals surface area contributed by atoms with E-state index in [1.54, 1.807) is 6.20 Å². The summed E-state index contributed by atoms with van der Waals surface area (Å²) in [4.78, 5) is 20.4. The predicted octanol–water partition coefficient (Wildman–Crippen LogP) is 3.51. The van der Waals surface area contributed by atoms with Crippen LogP contribution in [-0.4, -0.2) is 24.8 Å². The van der Waals surface area contributed by atoms with Crippen LogP contribution in [0.15, 0.2) is 61.2 Å². The molecule has 6 nitrogen and oxygen atoms in total. The van der Waals surface area contributed by atoms with Crippen LogP contribution in [0.2, 0.25) is 0 Å². The third kappa shape index (κ3) is 3.09. The van der Waals surface area contributed by atoms with Crippen LogP contribution in [0.1, 0.15) is 18.2 Å². The molecule has 3 heterocycles. The number of carbonyl (C=O) groups is 1. The molecule has 0 atom stereocenters. The van der Waals surface area contributed by atoms with Gasteiger partial charge in [-0.3, -0.25) is 4.79 Å². The summed E-state index contributed by atoms with van der Waals surface area (Å²) in [6.45, 7) is 4.20. The van der Waals surface area contributed by atoms with Crippen LogP contribution in [0.4, 0.5) is 5.69 Å². The highest BCUT2D eigenvalue weighted by atomic mass is 16.1. The molecule has 26 heavy (non-hydrogen) atoms. The lowest BCUT2D eigenvalue weighted by molar-refractivity contribution is -0.114. The van der Waals surface area contributed by atoms with Gasteiger partial charge < -0.3 is 14.3 Å². The van der Waals surface area contributed by atoms with E-state index in [1.165, 1.54) is 6.92 Å². The molecule has 0 fully saturated rings. The largest absolute Gasteiger partial charge is 0.326 e. The van der Waals surface area contributed by atoms with Crippen LogP contribution >= 0.6 is 0 Å². The molecule has 1 aromatic carbocycles. The number of nitrogens with zero attached hydrogens (tertiary/aromatic N) is 4. The lowest BCUT2D eigenvalue weighted by Gasteiger charge is -2.07. The molecule has 0 aliphatic rings. The van der Waals surface area contributed by atoms with Crippen molar-refractivity contribution in [2.75, 3.05) is 5.32 Å². The second-order valence-corrected chi connectivity index (χ2v) is 6.29. The average molecular weight is 345 g/mol. The molecule has 1 amide bonds. The first-order chi connectivity index (χ1) is 12.6. The van der Waals surface area contributed by atoms with Gasteiger partial charge in [0.2, 0.25) is 5.91 Å². The number of imidazole rings is 2. The normalized spacial score (nSPS) is 11.0. The summed E-state index contributed by atoms with van der Waals surface area (Å²) in [6.07, 6.45) is 7.80. The number of aryl methyl sites for hydroxylation is 1. The number of benzene rings is 1. The molecule has 0 saturated carbocycles. The van der Waals surface area contributed by atoms with Gasteiger partial charge >= 0.3 is 0 Å². The number of pyridine rings is 1. The first kappa shape index (κ1) is 16.1. The number of hydrogen-bond acceptors (Lipinski definition) is 3. The van der Waals surface area contributed by atoms with E-state index in [0.29, 0.717) is 6.54 Å². The number of carbonyl (C=O) groups excluding carboxylic acids is 1. The number of hydrogen-bond donors (Lipinski definition) is 1. The van der Waals surface area contributed by atoms with Crippen molar-refractivity contribution >= 4 is 17.2 Å². The molecule has 0 spiro atoms. The molecule has 0 radical (unpaired) electrons. The Morgan fingerprint density at radius 1 is 1.15 bits per heavy atom. The van der Waals surface area contributed by atoms with Crippen LogP contribution < -0.4 is 5.32 Å². The molecule has 0 bridgehead atoms. The van der Waals surface area contributed by atoms with Crippen molar-refractivity contribution in [1.29, 1.82) is 0 Å². The topological polar surface area (TPSA) is 64.2 Å². The lowest BCUT2D eigenvalue weighted by atomic mass is 10.2. The van der Waals surface area contributed by atoms with Gasteiger partial charge in [0.05, 0.1) is 12.2 Å². The zero-order valence-electron chi connectivity index (χ0n) is 14.7. The highest BCUT2D eigenvalue weighted by Gasteiger charge is 2.10. The van der Waals surface area contributed by atoms with Crippen molar-refractivity contribution in [3.05, 3.63) is 72.4 Å². The standard InChI is InChI=1S/C20H19N5O/c1-14-4-3-10-24-12-18(23-19(14)24)13-25-11-9-21-20(25)16-5-7-17(8-6-16)22-15(2)26/h3-12H,13H2,1-2H3,(H,22,26). The van der Waals surface area contributed by atoms with Crippen molar-refractivity contribution in [2.24, 2.45) is 0 Å². The smallest absolute Gasteiger partial charge is 0.221 e. The third-order valence-corrected chi connectivity index (χ3v) is 4.24. The molecule has 0 unspecified atom stereocenters. The van der Waals surface area contributed by atoms with E-state index in [-0.39, 0.29) is 5.91 Å². The number of fused-ring (bicyclic) bond motifs is 1. The maximum absolute atomic E-state index is 11.1. The van der Waals surface area contributed by atoms with E-state index in [9.17, 15) is 4.79 Å². The molecule has 4 rings (SSSR count). The Morgan fingerprint density at radius 2 is 1.96 bits per heavy atom. The fraction of sp³-hybridized carbons (Fsp3) is 0.150. The Kier molecular flexibility index (Phi) is 4.01. The SMILES string of the molecule is CC(=O)Nc1ccc(-c2nccn2Cc2cn3cccc(C)c3n2)cc1. The first-order valence-electron chi connectivity index (χ1n) is 8.42. The van der Waals surface area contributed by atoms with Crippen molar-refractivity contribution < 1.29 is 4.79 Å². The van der Waals surface area contributed by atoms with Crippen molar-refractivity contribution in [1.82, 2.24) is 18.9 Å². The summed E-state index contributed by atoms with van der Waals surface area (Å²) < 4.78 is 4.12. The molecule has 4 aromatic rings. The fourth-order valence-corrected chi connectivity index (χ4v) is 3.06. The molecular weight excluding hydrogens is 326 g/mol. The second-order valence-electron chi connectivity index (χ2n) is 6.29. The highest BCUT2D eigenvalue weighted by molar-refractivity contribution is 5.88. The maximum Gasteiger partial charge on any atom is 0.221 e. The van der Waals surface area contributed by atoms with Gasteiger partial charge in [0.15, 0.2) is 0 Å². The summed E-state index contributed by atoms with van der Waals surface area (Å²) in [5.41, 5.74) is 4.87. The molecule has 130 valence electrons. The highest BCUT2D eigenvalue weighted by Crippen LogP contribution is 2.21. The minimum atomic E-state index is -0.0820. The van der Waals surface area contributed by atoms with Crippen molar-refractivity contribution in [2.45, 2.75) is 20.4 Å². The lowest BCUT2D eigenvalue weighted by Crippen LogP contribution is -2.05. The van der Waals surface area contributed by atoms with E-state index in [0.717, 1.165) is 34.0 Å². The summed E-state index contributed by atoms with van der Waals surface area (Å²) in [5.74, 6) is 0.787. The predicted molar refractivity (Wildman–Crippen MR) is 101 cm³/mol. The summed E-state index contributed by atoms with van der Waals surface area (Å²) >= 11 is 0. The number of nitrogens with one attached hydrogen (secondary N) is 1. The van der Waals surface area contributed by atoms with Gasteiger partial charge in [-0.15, -0.1) is 0 Å². The van der Waals surface area contributed by atoms with Gasteiger partial charge in [0, 0.05) is 43.0 Å². The molecular formula is C20H19N5O. The van der Waals surface area contributed by atoms with E-state index in [1.807, 2.05) is 53.3 Å². The zero-order chi connectivity index (χ0) is 18.1. The summed E-state index contributed by atoms with van der Waals surface area (Å²) in [5, 5.41) is 2.77. The van der Waals surface area contributed by atoms with Crippen LogP contribution in [0.5, 0.6) is 0 Å². The number of anilines is 1. The molecule has 1 N–H and O–H groups in total. The Morgan fingerprint density at radius 3 is 2.69 bits per heavy atom. The number of aromatic nitrogens is 4. The first-order valence-corrected chi connectivity index (χ1v) is 8.42. The number of amides is 1. The molecule has 6 heteroatoms. The monoisotopic (exact) mass is 345 g/mol. The van der Waals surface area contributed by atoms with Gasteiger partial charge in [-0.05, 0) is 42.8 Å². The van der Waals surface area contributed by atoms with Gasteiger partial charge in [-0.1, -0.05) is 6.07 Å². The van der Waals surface area contributed by atoms with Gasteiger partial charge in [-0.25, -0.2) is 9.97 Å². The molecule has 0 aliphatic carbocycles. The van der Waals surface area contributed by atoms with Crippen LogP contribution in [0, 0.1) is 6.92 Å². The molecule has 0 aliphatic heterocycles. The fourth-order valence-electron chi connectivity index (χ4n) is 3.06. The van der Waals surface area contributed by atoms with Gasteiger partial charge in [0.25, 0.3) is 0 Å².